The molecule has 0 saturated carbocycles. The molecule has 119 valence electrons. The summed E-state index contributed by atoms with van der Waals surface area (Å²) < 4.78 is 4.89. The number of carbonyl (C=O) groups excluding carboxylic acids is 1. The van der Waals surface area contributed by atoms with E-state index in [9.17, 15) is 4.79 Å². The Kier molecular flexibility index (Phi) is 5.63. The van der Waals surface area contributed by atoms with E-state index in [1.807, 2.05) is 36.4 Å². The second-order valence-corrected chi connectivity index (χ2v) is 11.4. The van der Waals surface area contributed by atoms with E-state index < -0.39 is 8.07 Å². The largest absolute Gasteiger partial charge is 0.436 e. The summed E-state index contributed by atoms with van der Waals surface area (Å²) in [6, 6.07) is 15.4. The lowest BCUT2D eigenvalue weighted by Gasteiger charge is -2.17. The SMILES string of the molecule is CO[B]Nc1ccccc1NC(=O)c1ccc([Si](C)(C)C)cc1. The minimum atomic E-state index is -1.35. The Balaban J connectivity index is 2.13. The van der Waals surface area contributed by atoms with Gasteiger partial charge in [-0.2, -0.15) is 0 Å². The zero-order valence-corrected chi connectivity index (χ0v) is 15.0. The number of nitrogens with one attached hydrogen (secondary N) is 2. The summed E-state index contributed by atoms with van der Waals surface area (Å²) in [6.45, 7) is 6.86. The maximum atomic E-state index is 12.4. The van der Waals surface area contributed by atoms with Crippen molar-refractivity contribution >= 4 is 38.2 Å². The van der Waals surface area contributed by atoms with E-state index in [4.69, 9.17) is 4.65 Å². The zero-order chi connectivity index (χ0) is 16.9. The fraction of sp³-hybridized carbons (Fsp3) is 0.235. The average Bonchev–Trinajstić information content (AvgIpc) is 2.53. The lowest BCUT2D eigenvalue weighted by atomic mass is 10.1. The third-order valence-electron chi connectivity index (χ3n) is 3.52. The molecule has 1 amide bonds. The fourth-order valence-corrected chi connectivity index (χ4v) is 3.32. The number of amides is 1. The molecule has 6 heteroatoms. The first-order chi connectivity index (χ1) is 10.9. The van der Waals surface area contributed by atoms with Crippen LogP contribution < -0.4 is 15.7 Å². The number of benzene rings is 2. The predicted octanol–water partition coefficient (Wildman–Crippen LogP) is 3.08. The molecule has 0 saturated heterocycles. The molecule has 0 bridgehead atoms. The van der Waals surface area contributed by atoms with Gasteiger partial charge in [-0.25, -0.2) is 0 Å². The summed E-state index contributed by atoms with van der Waals surface area (Å²) in [5, 5.41) is 7.26. The van der Waals surface area contributed by atoms with Crippen LogP contribution in [0.25, 0.3) is 0 Å². The summed E-state index contributed by atoms with van der Waals surface area (Å²) in [5.74, 6) is -0.126. The van der Waals surface area contributed by atoms with Crippen molar-refractivity contribution in [2.45, 2.75) is 19.6 Å². The molecule has 0 aliphatic rings. The van der Waals surface area contributed by atoms with Crippen LogP contribution in [-0.2, 0) is 4.65 Å². The Hall–Kier alpha value is -2.05. The van der Waals surface area contributed by atoms with Gasteiger partial charge >= 0.3 is 7.62 Å². The Labute approximate surface area is 139 Å². The van der Waals surface area contributed by atoms with E-state index in [0.717, 1.165) is 5.69 Å². The van der Waals surface area contributed by atoms with Crippen molar-refractivity contribution in [3.63, 3.8) is 0 Å². The van der Waals surface area contributed by atoms with Gasteiger partial charge in [-0.05, 0) is 24.3 Å². The van der Waals surface area contributed by atoms with Crippen LogP contribution in [0.1, 0.15) is 10.4 Å². The van der Waals surface area contributed by atoms with Crippen molar-refractivity contribution in [3.05, 3.63) is 54.1 Å². The first kappa shape index (κ1) is 17.3. The highest BCUT2D eigenvalue weighted by molar-refractivity contribution is 6.88. The molecular weight excluding hydrogens is 303 g/mol. The van der Waals surface area contributed by atoms with Gasteiger partial charge in [0.15, 0.2) is 0 Å². The number of carbonyl (C=O) groups is 1. The molecule has 0 aliphatic carbocycles. The van der Waals surface area contributed by atoms with E-state index in [1.165, 1.54) is 12.8 Å². The van der Waals surface area contributed by atoms with E-state index >= 15 is 0 Å². The number of rotatable bonds is 6. The van der Waals surface area contributed by atoms with E-state index in [1.54, 1.807) is 7.11 Å². The minimum Gasteiger partial charge on any atom is -0.422 e. The Morgan fingerprint density at radius 1 is 1.00 bits per heavy atom. The molecule has 0 unspecified atom stereocenters. The molecule has 0 atom stereocenters. The van der Waals surface area contributed by atoms with Crippen molar-refractivity contribution in [1.82, 2.24) is 0 Å². The molecule has 0 heterocycles. The van der Waals surface area contributed by atoms with E-state index in [-0.39, 0.29) is 5.91 Å². The molecule has 23 heavy (non-hydrogen) atoms. The molecule has 0 spiro atoms. The maximum absolute atomic E-state index is 12.4. The van der Waals surface area contributed by atoms with Gasteiger partial charge in [0.2, 0.25) is 0 Å². The maximum Gasteiger partial charge on any atom is 0.436 e. The van der Waals surface area contributed by atoms with Crippen LogP contribution in [0.15, 0.2) is 48.5 Å². The van der Waals surface area contributed by atoms with Gasteiger partial charge in [-0.3, -0.25) is 4.79 Å². The Morgan fingerprint density at radius 2 is 1.61 bits per heavy atom. The van der Waals surface area contributed by atoms with Crippen molar-refractivity contribution in [1.29, 1.82) is 0 Å². The summed E-state index contributed by atoms with van der Waals surface area (Å²) in [5.41, 5.74) is 2.14. The van der Waals surface area contributed by atoms with Crippen molar-refractivity contribution < 1.29 is 9.45 Å². The van der Waals surface area contributed by atoms with Gasteiger partial charge in [0.05, 0.1) is 13.8 Å². The Bertz CT molecular complexity index is 669. The van der Waals surface area contributed by atoms with Crippen LogP contribution in [0.4, 0.5) is 11.4 Å². The molecule has 0 aliphatic heterocycles. The van der Waals surface area contributed by atoms with Crippen LogP contribution in [0, 0.1) is 0 Å². The smallest absolute Gasteiger partial charge is 0.422 e. The lowest BCUT2D eigenvalue weighted by molar-refractivity contribution is 0.102. The topological polar surface area (TPSA) is 50.4 Å². The summed E-state index contributed by atoms with van der Waals surface area (Å²) in [4.78, 5) is 12.4. The molecule has 2 N–H and O–H groups in total. The highest BCUT2D eigenvalue weighted by Gasteiger charge is 2.17. The number of para-hydroxylation sites is 2. The highest BCUT2D eigenvalue weighted by atomic mass is 28.3. The Morgan fingerprint density at radius 3 is 2.17 bits per heavy atom. The van der Waals surface area contributed by atoms with Gasteiger partial charge in [0.1, 0.15) is 0 Å². The van der Waals surface area contributed by atoms with Crippen LogP contribution in [0.2, 0.25) is 19.6 Å². The second-order valence-electron chi connectivity index (χ2n) is 6.32. The first-order valence-corrected chi connectivity index (χ1v) is 11.0. The van der Waals surface area contributed by atoms with Crippen molar-refractivity contribution in [2.24, 2.45) is 0 Å². The van der Waals surface area contributed by atoms with E-state index in [0.29, 0.717) is 11.3 Å². The minimum absolute atomic E-state index is 0.126. The van der Waals surface area contributed by atoms with Crippen LogP contribution >= 0.6 is 0 Å². The molecule has 1 radical (unpaired) electrons. The molecule has 4 nitrogen and oxygen atoms in total. The normalized spacial score (nSPS) is 11.0. The second kappa shape index (κ2) is 7.48. The van der Waals surface area contributed by atoms with Crippen LogP contribution in [0.3, 0.4) is 0 Å². The van der Waals surface area contributed by atoms with Crippen molar-refractivity contribution in [3.8, 4) is 0 Å². The highest BCUT2D eigenvalue weighted by Crippen LogP contribution is 2.21. The van der Waals surface area contributed by atoms with Crippen LogP contribution in [0.5, 0.6) is 0 Å². The van der Waals surface area contributed by atoms with Gasteiger partial charge in [0.25, 0.3) is 5.91 Å². The average molecular weight is 325 g/mol. The van der Waals surface area contributed by atoms with Crippen molar-refractivity contribution in [2.75, 3.05) is 17.7 Å². The van der Waals surface area contributed by atoms with Gasteiger partial charge in [-0.15, -0.1) is 0 Å². The third kappa shape index (κ3) is 4.71. The standard InChI is InChI=1S/C17H22BN2O2Si/c1-22-18-20-16-8-6-5-7-15(16)19-17(21)13-9-11-14(12-10-13)23(2,3)4/h5-12,20H,1-4H3,(H,19,21). The monoisotopic (exact) mass is 325 g/mol. The fourth-order valence-electron chi connectivity index (χ4n) is 2.16. The molecule has 0 fully saturated rings. The van der Waals surface area contributed by atoms with E-state index in [2.05, 4.69) is 42.3 Å². The third-order valence-corrected chi connectivity index (χ3v) is 5.59. The first-order valence-electron chi connectivity index (χ1n) is 7.54. The molecule has 2 aromatic carbocycles. The number of anilines is 2. The quantitative estimate of drug-likeness (QED) is 0.803. The van der Waals surface area contributed by atoms with Gasteiger partial charge < -0.3 is 15.2 Å². The number of hydrogen-bond acceptors (Lipinski definition) is 3. The molecule has 2 rings (SSSR count). The summed E-state index contributed by atoms with van der Waals surface area (Å²) in [6.07, 6.45) is 0. The number of hydrogen-bond donors (Lipinski definition) is 2. The van der Waals surface area contributed by atoms with Crippen LogP contribution in [-0.4, -0.2) is 28.7 Å². The summed E-state index contributed by atoms with van der Waals surface area (Å²) >= 11 is 0. The van der Waals surface area contributed by atoms with Gasteiger partial charge in [-0.1, -0.05) is 49.1 Å². The molecule has 2 aromatic rings. The van der Waals surface area contributed by atoms with Gasteiger partial charge in [0, 0.05) is 18.4 Å². The lowest BCUT2D eigenvalue weighted by Crippen LogP contribution is -2.37. The molecule has 0 aromatic heterocycles. The molecular formula is C17H22BN2O2Si. The predicted molar refractivity (Wildman–Crippen MR) is 100 cm³/mol. The summed E-state index contributed by atoms with van der Waals surface area (Å²) in [7, 11) is 1.68. The zero-order valence-electron chi connectivity index (χ0n) is 14.0.